The van der Waals surface area contributed by atoms with Crippen molar-refractivity contribution in [2.24, 2.45) is 0 Å². The summed E-state index contributed by atoms with van der Waals surface area (Å²) in [6.45, 7) is 1.43. The van der Waals surface area contributed by atoms with Crippen LogP contribution >= 0.6 is 0 Å². The summed E-state index contributed by atoms with van der Waals surface area (Å²) in [6, 6.07) is 8.60. The molecule has 0 unspecified atom stereocenters. The van der Waals surface area contributed by atoms with E-state index >= 15 is 0 Å². The minimum Gasteiger partial charge on any atom is -0.422 e. The summed E-state index contributed by atoms with van der Waals surface area (Å²) in [5.74, 6) is -0.517. The van der Waals surface area contributed by atoms with Crippen LogP contribution in [0.15, 0.2) is 51.9 Å². The second-order valence-corrected chi connectivity index (χ2v) is 6.03. The Morgan fingerprint density at radius 1 is 1.36 bits per heavy atom. The predicted molar refractivity (Wildman–Crippen MR) is 91.6 cm³/mol. The average molecular weight is 339 g/mol. The highest BCUT2D eigenvalue weighted by Gasteiger charge is 2.18. The number of carbonyl (C=O) groups excluding carboxylic acids is 1. The summed E-state index contributed by atoms with van der Waals surface area (Å²) >= 11 is 0. The van der Waals surface area contributed by atoms with Gasteiger partial charge >= 0.3 is 5.63 Å². The molecule has 0 bridgehead atoms. The Hall–Kier alpha value is -2.93. The Morgan fingerprint density at radius 3 is 3.08 bits per heavy atom. The molecule has 1 amide bonds. The van der Waals surface area contributed by atoms with Crippen molar-refractivity contribution in [2.45, 2.75) is 25.5 Å². The Labute approximate surface area is 143 Å². The Morgan fingerprint density at radius 2 is 2.24 bits per heavy atom. The van der Waals surface area contributed by atoms with Crippen molar-refractivity contribution in [1.82, 2.24) is 9.78 Å². The molecule has 0 radical (unpaired) electrons. The van der Waals surface area contributed by atoms with E-state index in [9.17, 15) is 9.59 Å². The molecule has 1 atom stereocenters. The molecule has 2 aromatic heterocycles. The fourth-order valence-electron chi connectivity index (χ4n) is 2.94. The molecule has 7 nitrogen and oxygen atoms in total. The van der Waals surface area contributed by atoms with Crippen LogP contribution in [0.4, 0.5) is 5.69 Å². The fraction of sp³-hybridized carbons (Fsp3) is 0.278. The smallest absolute Gasteiger partial charge is 0.349 e. The number of nitrogens with zero attached hydrogens (tertiary/aromatic N) is 2. The molecule has 1 saturated heterocycles. The van der Waals surface area contributed by atoms with Gasteiger partial charge in [-0.25, -0.2) is 4.79 Å². The number of benzene rings is 1. The molecule has 4 rings (SSSR count). The fourth-order valence-corrected chi connectivity index (χ4v) is 2.94. The summed E-state index contributed by atoms with van der Waals surface area (Å²) in [4.78, 5) is 24.4. The maximum Gasteiger partial charge on any atom is 0.349 e. The zero-order chi connectivity index (χ0) is 17.2. The molecule has 1 aliphatic heterocycles. The summed E-state index contributed by atoms with van der Waals surface area (Å²) in [6.07, 6.45) is 5.51. The number of nitrogens with one attached hydrogen (secondary N) is 1. The van der Waals surface area contributed by atoms with Crippen LogP contribution in [0.1, 0.15) is 23.2 Å². The number of para-hydroxylation sites is 1. The quantitative estimate of drug-likeness (QED) is 0.738. The van der Waals surface area contributed by atoms with Crippen LogP contribution in [0.2, 0.25) is 0 Å². The summed E-state index contributed by atoms with van der Waals surface area (Å²) in [5, 5.41) is 7.60. The zero-order valence-electron chi connectivity index (χ0n) is 13.5. The zero-order valence-corrected chi connectivity index (χ0v) is 13.5. The van der Waals surface area contributed by atoms with Crippen LogP contribution in [0, 0.1) is 0 Å². The Bertz CT molecular complexity index is 970. The number of amides is 1. The molecule has 1 aliphatic rings. The number of carbonyl (C=O) groups is 1. The number of rotatable bonds is 4. The van der Waals surface area contributed by atoms with E-state index in [0.717, 1.165) is 19.4 Å². The third-order valence-electron chi connectivity index (χ3n) is 4.19. The number of anilines is 1. The molecule has 25 heavy (non-hydrogen) atoms. The first kappa shape index (κ1) is 15.6. The van der Waals surface area contributed by atoms with Crippen molar-refractivity contribution in [1.29, 1.82) is 0 Å². The van der Waals surface area contributed by atoms with Crippen molar-refractivity contribution in [2.75, 3.05) is 11.9 Å². The monoisotopic (exact) mass is 339 g/mol. The molecule has 0 spiro atoms. The Balaban J connectivity index is 1.51. The lowest BCUT2D eigenvalue weighted by molar-refractivity contribution is 0.0940. The second kappa shape index (κ2) is 6.52. The molecular weight excluding hydrogens is 322 g/mol. The van der Waals surface area contributed by atoms with Crippen molar-refractivity contribution in [3.63, 3.8) is 0 Å². The molecule has 1 aromatic carbocycles. The van der Waals surface area contributed by atoms with Gasteiger partial charge in [-0.15, -0.1) is 0 Å². The van der Waals surface area contributed by atoms with E-state index in [1.54, 1.807) is 35.3 Å². The van der Waals surface area contributed by atoms with E-state index in [-0.39, 0.29) is 11.7 Å². The van der Waals surface area contributed by atoms with Gasteiger partial charge in [0.05, 0.1) is 24.5 Å². The predicted octanol–water partition coefficient (Wildman–Crippen LogP) is 2.42. The van der Waals surface area contributed by atoms with Crippen molar-refractivity contribution in [3.05, 3.63) is 58.7 Å². The molecule has 3 aromatic rings. The molecule has 0 aliphatic carbocycles. The van der Waals surface area contributed by atoms with Crippen molar-refractivity contribution in [3.8, 4) is 0 Å². The summed E-state index contributed by atoms with van der Waals surface area (Å²) in [5.41, 5.74) is 0.275. The van der Waals surface area contributed by atoms with Gasteiger partial charge in [-0.1, -0.05) is 18.2 Å². The highest BCUT2D eigenvalue weighted by atomic mass is 16.5. The molecule has 1 fully saturated rings. The lowest BCUT2D eigenvalue weighted by atomic mass is 10.2. The van der Waals surface area contributed by atoms with E-state index in [2.05, 4.69) is 10.4 Å². The van der Waals surface area contributed by atoms with Gasteiger partial charge in [-0.05, 0) is 25.0 Å². The maximum atomic E-state index is 12.4. The van der Waals surface area contributed by atoms with E-state index in [4.69, 9.17) is 9.15 Å². The van der Waals surface area contributed by atoms with Crippen LogP contribution in [0.5, 0.6) is 0 Å². The third kappa shape index (κ3) is 3.32. The standard InChI is InChI=1S/C18H17N3O4/c22-17(15-8-12-4-1-2-6-16(12)25-18(15)23)20-13-9-19-21(10-13)11-14-5-3-7-24-14/h1-2,4,6,8-10,14H,3,5,7,11H2,(H,20,22)/t14-/m0/s1. The SMILES string of the molecule is O=C(Nc1cnn(C[C@@H]2CCCO2)c1)c1cc2ccccc2oc1=O. The number of aromatic nitrogens is 2. The van der Waals surface area contributed by atoms with Gasteiger partial charge in [-0.2, -0.15) is 5.10 Å². The third-order valence-corrected chi connectivity index (χ3v) is 4.19. The second-order valence-electron chi connectivity index (χ2n) is 6.03. The van der Waals surface area contributed by atoms with Crippen LogP contribution in [0.3, 0.4) is 0 Å². The minimum absolute atomic E-state index is 0.0365. The minimum atomic E-state index is -0.664. The van der Waals surface area contributed by atoms with Gasteiger partial charge in [0, 0.05) is 18.2 Å². The first-order chi connectivity index (χ1) is 12.2. The van der Waals surface area contributed by atoms with Gasteiger partial charge in [0.2, 0.25) is 0 Å². The first-order valence-electron chi connectivity index (χ1n) is 8.17. The topological polar surface area (TPSA) is 86.4 Å². The number of hydrogen-bond donors (Lipinski definition) is 1. The summed E-state index contributed by atoms with van der Waals surface area (Å²) in [7, 11) is 0. The number of fused-ring (bicyclic) bond motifs is 1. The van der Waals surface area contributed by atoms with Gasteiger partial charge < -0.3 is 14.5 Å². The van der Waals surface area contributed by atoms with Crippen LogP contribution < -0.4 is 10.9 Å². The van der Waals surface area contributed by atoms with Crippen LogP contribution in [-0.2, 0) is 11.3 Å². The van der Waals surface area contributed by atoms with Crippen LogP contribution in [-0.4, -0.2) is 28.4 Å². The van der Waals surface area contributed by atoms with Gasteiger partial charge in [0.15, 0.2) is 0 Å². The number of hydrogen-bond acceptors (Lipinski definition) is 5. The lowest BCUT2D eigenvalue weighted by Gasteiger charge is -2.08. The van der Waals surface area contributed by atoms with Gasteiger partial charge in [0.1, 0.15) is 11.1 Å². The van der Waals surface area contributed by atoms with Crippen LogP contribution in [0.25, 0.3) is 11.0 Å². The molecule has 0 saturated carbocycles. The molecule has 128 valence electrons. The highest BCUT2D eigenvalue weighted by Crippen LogP contribution is 2.16. The van der Waals surface area contributed by atoms with Crippen molar-refractivity contribution < 1.29 is 13.9 Å². The first-order valence-corrected chi connectivity index (χ1v) is 8.17. The Kier molecular flexibility index (Phi) is 4.07. The highest BCUT2D eigenvalue weighted by molar-refractivity contribution is 6.05. The van der Waals surface area contributed by atoms with E-state index in [1.165, 1.54) is 6.07 Å². The van der Waals surface area contributed by atoms with Gasteiger partial charge in [-0.3, -0.25) is 9.48 Å². The van der Waals surface area contributed by atoms with E-state index < -0.39 is 11.5 Å². The molecular formula is C18H17N3O4. The lowest BCUT2D eigenvalue weighted by Crippen LogP contribution is -2.20. The largest absolute Gasteiger partial charge is 0.422 e. The van der Waals surface area contributed by atoms with Gasteiger partial charge in [0.25, 0.3) is 5.91 Å². The molecule has 7 heteroatoms. The number of ether oxygens (including phenoxy) is 1. The average Bonchev–Trinajstić information content (AvgIpc) is 3.27. The van der Waals surface area contributed by atoms with Crippen molar-refractivity contribution >= 4 is 22.6 Å². The van der Waals surface area contributed by atoms with E-state index in [1.807, 2.05) is 6.07 Å². The van der Waals surface area contributed by atoms with E-state index in [0.29, 0.717) is 23.2 Å². The normalized spacial score (nSPS) is 17.0. The summed E-state index contributed by atoms with van der Waals surface area (Å²) < 4.78 is 12.5. The molecule has 1 N–H and O–H groups in total. The maximum absolute atomic E-state index is 12.4. The molecule has 3 heterocycles.